The van der Waals surface area contributed by atoms with Crippen molar-refractivity contribution in [1.29, 1.82) is 0 Å². The molecule has 0 spiro atoms. The minimum absolute atomic E-state index is 0.168. The Kier molecular flexibility index (Phi) is 2.24. The van der Waals surface area contributed by atoms with Gasteiger partial charge >= 0.3 is 8.69 Å². The first-order chi connectivity index (χ1) is 4.83. The van der Waals surface area contributed by atoms with Crippen LogP contribution in [0.25, 0.3) is 0 Å². The van der Waals surface area contributed by atoms with Crippen molar-refractivity contribution in [3.8, 4) is 11.5 Å². The molecule has 0 aromatic heterocycles. The van der Waals surface area contributed by atoms with Crippen molar-refractivity contribution in [3.63, 3.8) is 0 Å². The SMILES string of the molecule is O=[PH+]Oc1ccc(O)cc1. The zero-order chi connectivity index (χ0) is 7.40. The van der Waals surface area contributed by atoms with Gasteiger partial charge in [-0.25, -0.2) is 0 Å². The highest BCUT2D eigenvalue weighted by atomic mass is 31.1. The molecular formula is C6H6O3P+. The van der Waals surface area contributed by atoms with Crippen molar-refractivity contribution in [2.45, 2.75) is 0 Å². The molecule has 3 nitrogen and oxygen atoms in total. The molecule has 0 aliphatic rings. The average Bonchev–Trinajstić information content (AvgIpc) is 1.95. The van der Waals surface area contributed by atoms with Gasteiger partial charge < -0.3 is 5.11 Å². The number of rotatable bonds is 2. The van der Waals surface area contributed by atoms with Gasteiger partial charge in [-0.05, 0) is 28.8 Å². The molecule has 10 heavy (non-hydrogen) atoms. The smallest absolute Gasteiger partial charge is 0.508 e. The second-order valence-electron chi connectivity index (χ2n) is 1.68. The summed E-state index contributed by atoms with van der Waals surface area (Å²) in [4.78, 5) is 0. The lowest BCUT2D eigenvalue weighted by Crippen LogP contribution is -1.72. The van der Waals surface area contributed by atoms with Crippen molar-refractivity contribution in [2.75, 3.05) is 0 Å². The zero-order valence-electron chi connectivity index (χ0n) is 5.07. The maximum absolute atomic E-state index is 9.93. The molecule has 52 valence electrons. The monoisotopic (exact) mass is 157 g/mol. The molecule has 0 saturated heterocycles. The van der Waals surface area contributed by atoms with Crippen molar-refractivity contribution in [3.05, 3.63) is 24.3 Å². The number of hydrogen-bond acceptors (Lipinski definition) is 3. The number of hydrogen-bond donors (Lipinski definition) is 1. The maximum atomic E-state index is 9.93. The highest BCUT2D eigenvalue weighted by molar-refractivity contribution is 7.17. The summed E-state index contributed by atoms with van der Waals surface area (Å²) < 4.78 is 14.5. The third kappa shape index (κ3) is 1.71. The van der Waals surface area contributed by atoms with Crippen molar-refractivity contribution in [2.24, 2.45) is 0 Å². The molecule has 1 aromatic rings. The van der Waals surface area contributed by atoms with Gasteiger partial charge in [0.2, 0.25) is 0 Å². The molecule has 0 radical (unpaired) electrons. The van der Waals surface area contributed by atoms with Gasteiger partial charge in [0.1, 0.15) is 5.75 Å². The molecule has 0 aliphatic carbocycles. The highest BCUT2D eigenvalue weighted by Crippen LogP contribution is 2.18. The van der Waals surface area contributed by atoms with Crippen LogP contribution < -0.4 is 4.52 Å². The highest BCUT2D eigenvalue weighted by Gasteiger charge is 1.95. The van der Waals surface area contributed by atoms with E-state index in [2.05, 4.69) is 4.52 Å². The van der Waals surface area contributed by atoms with Crippen LogP contribution in [0.4, 0.5) is 0 Å². The second kappa shape index (κ2) is 3.18. The Labute approximate surface area is 59.5 Å². The van der Waals surface area contributed by atoms with Crippen molar-refractivity contribution < 1.29 is 14.2 Å². The van der Waals surface area contributed by atoms with Crippen molar-refractivity contribution >= 4 is 8.69 Å². The van der Waals surface area contributed by atoms with Crippen LogP contribution in [0.5, 0.6) is 11.5 Å². The largest absolute Gasteiger partial charge is 0.542 e. The summed E-state index contributed by atoms with van der Waals surface area (Å²) in [5, 5.41) is 8.79. The maximum Gasteiger partial charge on any atom is 0.542 e. The Morgan fingerprint density at radius 1 is 1.30 bits per heavy atom. The van der Waals surface area contributed by atoms with Gasteiger partial charge in [0.25, 0.3) is 0 Å². The molecule has 0 saturated carbocycles. The molecular weight excluding hydrogens is 151 g/mol. The summed E-state index contributed by atoms with van der Waals surface area (Å²) in [7, 11) is -0.800. The van der Waals surface area contributed by atoms with Gasteiger partial charge in [0.05, 0.1) is 0 Å². The van der Waals surface area contributed by atoms with E-state index in [1.807, 2.05) is 0 Å². The number of aromatic hydroxyl groups is 1. The van der Waals surface area contributed by atoms with E-state index in [0.717, 1.165) is 0 Å². The average molecular weight is 157 g/mol. The van der Waals surface area contributed by atoms with Gasteiger partial charge in [-0.1, -0.05) is 0 Å². The number of phenols is 1. The number of benzene rings is 1. The fraction of sp³-hybridized carbons (Fsp3) is 0. The predicted molar refractivity (Wildman–Crippen MR) is 37.7 cm³/mol. The predicted octanol–water partition coefficient (Wildman–Crippen LogP) is 1.71. The van der Waals surface area contributed by atoms with E-state index in [1.54, 1.807) is 12.1 Å². The Bertz CT molecular complexity index is 219. The van der Waals surface area contributed by atoms with Crippen molar-refractivity contribution in [1.82, 2.24) is 0 Å². The van der Waals surface area contributed by atoms with Crippen LogP contribution in [-0.2, 0) is 4.57 Å². The summed E-state index contributed by atoms with van der Waals surface area (Å²) in [6.07, 6.45) is 0. The quantitative estimate of drug-likeness (QED) is 0.664. The van der Waals surface area contributed by atoms with E-state index in [9.17, 15) is 4.57 Å². The topological polar surface area (TPSA) is 46.5 Å². The lowest BCUT2D eigenvalue weighted by molar-refractivity contribution is 0.473. The van der Waals surface area contributed by atoms with Gasteiger partial charge in [-0.2, -0.15) is 0 Å². The van der Waals surface area contributed by atoms with Gasteiger partial charge in [0, 0.05) is 0 Å². The molecule has 0 bridgehead atoms. The molecule has 0 fully saturated rings. The van der Waals surface area contributed by atoms with E-state index in [4.69, 9.17) is 5.11 Å². The molecule has 1 aromatic carbocycles. The van der Waals surface area contributed by atoms with Crippen LogP contribution in [0, 0.1) is 0 Å². The zero-order valence-corrected chi connectivity index (χ0v) is 6.07. The first-order valence-corrected chi connectivity index (χ1v) is 3.47. The minimum Gasteiger partial charge on any atom is -0.508 e. The van der Waals surface area contributed by atoms with Crippen LogP contribution in [0.1, 0.15) is 0 Å². The summed E-state index contributed by atoms with van der Waals surface area (Å²) in [5.74, 6) is 0.660. The minimum atomic E-state index is -0.800. The molecule has 1 N–H and O–H groups in total. The van der Waals surface area contributed by atoms with E-state index in [0.29, 0.717) is 5.75 Å². The van der Waals surface area contributed by atoms with E-state index in [1.165, 1.54) is 12.1 Å². The summed E-state index contributed by atoms with van der Waals surface area (Å²) in [6, 6.07) is 6.02. The fourth-order valence-corrected chi connectivity index (χ4v) is 0.795. The normalized spacial score (nSPS) is 9.60. The summed E-state index contributed by atoms with van der Waals surface area (Å²) in [5.41, 5.74) is 0. The van der Waals surface area contributed by atoms with Gasteiger partial charge in [0.15, 0.2) is 5.75 Å². The van der Waals surface area contributed by atoms with Gasteiger partial charge in [-0.3, -0.25) is 4.52 Å². The molecule has 1 atom stereocenters. The Morgan fingerprint density at radius 3 is 2.40 bits per heavy atom. The van der Waals surface area contributed by atoms with Crippen LogP contribution in [-0.4, -0.2) is 5.11 Å². The molecule has 1 rings (SSSR count). The molecule has 1 unspecified atom stereocenters. The molecule has 0 heterocycles. The standard InChI is InChI=1S/C6H5O3P/c7-5-1-3-6(4-2-5)9-10-8/h1-4,10H/p+1. The van der Waals surface area contributed by atoms with Crippen LogP contribution >= 0.6 is 8.69 Å². The number of phenolic OH excluding ortho intramolecular Hbond substituents is 1. The Hall–Kier alpha value is -1.08. The summed E-state index contributed by atoms with van der Waals surface area (Å²) >= 11 is 0. The molecule has 0 amide bonds. The molecule has 0 aliphatic heterocycles. The summed E-state index contributed by atoms with van der Waals surface area (Å²) in [6.45, 7) is 0. The molecule has 4 heteroatoms. The van der Waals surface area contributed by atoms with Crippen LogP contribution in [0.3, 0.4) is 0 Å². The van der Waals surface area contributed by atoms with Gasteiger partial charge in [-0.15, -0.1) is 0 Å². The third-order valence-electron chi connectivity index (χ3n) is 0.996. The van der Waals surface area contributed by atoms with E-state index >= 15 is 0 Å². The first kappa shape index (κ1) is 7.03. The Morgan fingerprint density at radius 2 is 1.90 bits per heavy atom. The van der Waals surface area contributed by atoms with E-state index in [-0.39, 0.29) is 5.75 Å². The first-order valence-electron chi connectivity index (χ1n) is 2.66. The Balaban J connectivity index is 2.78. The van der Waals surface area contributed by atoms with E-state index < -0.39 is 8.69 Å². The van der Waals surface area contributed by atoms with Crippen LogP contribution in [0.2, 0.25) is 0 Å². The lowest BCUT2D eigenvalue weighted by Gasteiger charge is -1.89. The van der Waals surface area contributed by atoms with Crippen LogP contribution in [0.15, 0.2) is 24.3 Å². The third-order valence-corrected chi connectivity index (χ3v) is 1.32. The fourth-order valence-electron chi connectivity index (χ4n) is 0.562. The lowest BCUT2D eigenvalue weighted by atomic mass is 10.3. The second-order valence-corrected chi connectivity index (χ2v) is 2.05.